The van der Waals surface area contributed by atoms with Gasteiger partial charge in [-0.3, -0.25) is 4.79 Å². The van der Waals surface area contributed by atoms with Crippen LogP contribution in [0.5, 0.6) is 0 Å². The molecule has 5 rings (SSSR count). The molecule has 0 saturated heterocycles. The van der Waals surface area contributed by atoms with Crippen molar-refractivity contribution < 1.29 is 4.79 Å². The zero-order chi connectivity index (χ0) is 15.6. The molecule has 0 saturated carbocycles. The third kappa shape index (κ3) is 1.56. The van der Waals surface area contributed by atoms with Crippen molar-refractivity contribution in [2.75, 3.05) is 0 Å². The molecule has 0 aliphatic rings. The van der Waals surface area contributed by atoms with E-state index in [1.54, 1.807) is 6.92 Å². The minimum atomic E-state index is 0.0805. The fourth-order valence-corrected chi connectivity index (χ4v) is 3.67. The van der Waals surface area contributed by atoms with E-state index in [1.165, 1.54) is 0 Å². The lowest BCUT2D eigenvalue weighted by molar-refractivity contribution is 0.102. The van der Waals surface area contributed by atoms with Crippen LogP contribution in [-0.2, 0) is 0 Å². The summed E-state index contributed by atoms with van der Waals surface area (Å²) in [7, 11) is 0. The fourth-order valence-electron chi connectivity index (χ4n) is 3.67. The molecule has 2 aromatic heterocycles. The van der Waals surface area contributed by atoms with Crippen LogP contribution in [0.4, 0.5) is 0 Å². The Balaban J connectivity index is 2.13. The first-order valence-electron chi connectivity index (χ1n) is 7.69. The average molecular weight is 298 g/mol. The van der Waals surface area contributed by atoms with Gasteiger partial charge in [-0.15, -0.1) is 0 Å². The van der Waals surface area contributed by atoms with Crippen molar-refractivity contribution in [1.29, 1.82) is 0 Å². The third-order valence-corrected chi connectivity index (χ3v) is 4.62. The number of ketones is 1. The van der Waals surface area contributed by atoms with Gasteiger partial charge in [-0.25, -0.2) is 0 Å². The van der Waals surface area contributed by atoms with Crippen LogP contribution in [0.15, 0.2) is 54.6 Å². The summed E-state index contributed by atoms with van der Waals surface area (Å²) in [4.78, 5) is 19.4. The van der Waals surface area contributed by atoms with Crippen LogP contribution >= 0.6 is 0 Å². The standard InChI is InChI=1S/C20H14N2O/c1-11(23)18-19-13-7-3-5-9-16(13)21-17(19)10-14-12-6-2-4-8-15(12)22-20(14)18/h2-10,21-22H,1H3. The minimum absolute atomic E-state index is 0.0805. The molecule has 110 valence electrons. The molecule has 0 bridgehead atoms. The number of H-pyrrole nitrogens is 2. The number of carbonyl (C=O) groups excluding carboxylic acids is 1. The van der Waals surface area contributed by atoms with Crippen molar-refractivity contribution in [2.45, 2.75) is 6.92 Å². The second kappa shape index (κ2) is 4.23. The summed E-state index contributed by atoms with van der Waals surface area (Å²) in [5.41, 5.74) is 4.82. The van der Waals surface area contributed by atoms with Crippen molar-refractivity contribution >= 4 is 49.4 Å². The molecule has 0 fully saturated rings. The van der Waals surface area contributed by atoms with Crippen LogP contribution in [0.2, 0.25) is 0 Å². The van der Waals surface area contributed by atoms with E-state index in [2.05, 4.69) is 28.2 Å². The molecule has 2 heterocycles. The van der Waals surface area contributed by atoms with Crippen LogP contribution in [0.1, 0.15) is 17.3 Å². The monoisotopic (exact) mass is 298 g/mol. The molecule has 3 nitrogen and oxygen atoms in total. The van der Waals surface area contributed by atoms with Gasteiger partial charge in [0.15, 0.2) is 5.78 Å². The number of nitrogens with one attached hydrogen (secondary N) is 2. The van der Waals surface area contributed by atoms with Gasteiger partial charge in [0.1, 0.15) is 0 Å². The zero-order valence-electron chi connectivity index (χ0n) is 12.6. The Morgan fingerprint density at radius 1 is 0.783 bits per heavy atom. The summed E-state index contributed by atoms with van der Waals surface area (Å²) < 4.78 is 0. The molecule has 0 amide bonds. The quantitative estimate of drug-likeness (QED) is 0.413. The Kier molecular flexibility index (Phi) is 2.29. The Morgan fingerprint density at radius 3 is 2.17 bits per heavy atom. The Morgan fingerprint density at radius 2 is 1.43 bits per heavy atom. The average Bonchev–Trinajstić information content (AvgIpc) is 3.10. The van der Waals surface area contributed by atoms with Gasteiger partial charge in [0.25, 0.3) is 0 Å². The van der Waals surface area contributed by atoms with Crippen LogP contribution < -0.4 is 0 Å². The van der Waals surface area contributed by atoms with E-state index in [0.29, 0.717) is 0 Å². The molecule has 0 radical (unpaired) electrons. The molecular weight excluding hydrogens is 284 g/mol. The predicted molar refractivity (Wildman–Crippen MR) is 95.2 cm³/mol. The number of fused-ring (bicyclic) bond motifs is 6. The fraction of sp³-hybridized carbons (Fsp3) is 0.0500. The van der Waals surface area contributed by atoms with E-state index in [1.807, 2.05) is 36.4 Å². The van der Waals surface area contributed by atoms with E-state index in [9.17, 15) is 4.79 Å². The maximum Gasteiger partial charge on any atom is 0.162 e. The van der Waals surface area contributed by atoms with Gasteiger partial charge in [0.2, 0.25) is 0 Å². The normalized spacial score (nSPS) is 11.9. The SMILES string of the molecule is CC(=O)c1c2[nH]c3ccccc3c2cc2[nH]c3ccccc3c12. The molecule has 2 N–H and O–H groups in total. The number of aromatic nitrogens is 2. The zero-order valence-corrected chi connectivity index (χ0v) is 12.6. The molecule has 0 unspecified atom stereocenters. The second-order valence-electron chi connectivity index (χ2n) is 5.99. The highest BCUT2D eigenvalue weighted by molar-refractivity contribution is 6.27. The van der Waals surface area contributed by atoms with Gasteiger partial charge in [0.05, 0.1) is 11.1 Å². The summed E-state index contributed by atoms with van der Waals surface area (Å²) >= 11 is 0. The van der Waals surface area contributed by atoms with E-state index < -0.39 is 0 Å². The molecule has 0 aliphatic heterocycles. The number of Topliss-reactive ketones (excluding diaryl/α,β-unsaturated/α-hetero) is 1. The Labute approximate surface area is 131 Å². The number of hydrogen-bond donors (Lipinski definition) is 2. The van der Waals surface area contributed by atoms with E-state index in [4.69, 9.17) is 0 Å². The van der Waals surface area contributed by atoms with Gasteiger partial charge in [-0.1, -0.05) is 36.4 Å². The first-order chi connectivity index (χ1) is 11.2. The number of aromatic amines is 2. The lowest BCUT2D eigenvalue weighted by atomic mass is 9.99. The van der Waals surface area contributed by atoms with Gasteiger partial charge in [-0.2, -0.15) is 0 Å². The summed E-state index contributed by atoms with van der Waals surface area (Å²) in [6.45, 7) is 1.64. The van der Waals surface area contributed by atoms with Crippen LogP contribution in [-0.4, -0.2) is 15.8 Å². The Hall–Kier alpha value is -3.07. The minimum Gasteiger partial charge on any atom is -0.354 e. The molecule has 23 heavy (non-hydrogen) atoms. The van der Waals surface area contributed by atoms with Crippen LogP contribution in [0.25, 0.3) is 43.6 Å². The molecule has 0 spiro atoms. The van der Waals surface area contributed by atoms with Crippen molar-refractivity contribution in [2.24, 2.45) is 0 Å². The first-order valence-corrected chi connectivity index (χ1v) is 7.69. The summed E-state index contributed by atoms with van der Waals surface area (Å²) in [6, 6.07) is 18.4. The molecule has 0 atom stereocenters. The van der Waals surface area contributed by atoms with Gasteiger partial charge >= 0.3 is 0 Å². The number of carbonyl (C=O) groups is 1. The summed E-state index contributed by atoms with van der Waals surface area (Å²) in [6.07, 6.45) is 0. The number of rotatable bonds is 1. The molecule has 0 aliphatic carbocycles. The second-order valence-corrected chi connectivity index (χ2v) is 5.99. The largest absolute Gasteiger partial charge is 0.354 e. The van der Waals surface area contributed by atoms with Crippen LogP contribution in [0.3, 0.4) is 0 Å². The first kappa shape index (κ1) is 12.5. The van der Waals surface area contributed by atoms with E-state index in [0.717, 1.165) is 49.2 Å². The highest BCUT2D eigenvalue weighted by Crippen LogP contribution is 2.36. The van der Waals surface area contributed by atoms with Crippen molar-refractivity contribution in [3.05, 3.63) is 60.2 Å². The smallest absolute Gasteiger partial charge is 0.162 e. The van der Waals surface area contributed by atoms with Gasteiger partial charge in [-0.05, 0) is 25.1 Å². The summed E-state index contributed by atoms with van der Waals surface area (Å²) in [5.74, 6) is 0.0805. The maximum absolute atomic E-state index is 12.5. The molecular formula is C20H14N2O. The topological polar surface area (TPSA) is 48.6 Å². The van der Waals surface area contributed by atoms with Crippen molar-refractivity contribution in [1.82, 2.24) is 9.97 Å². The lowest BCUT2D eigenvalue weighted by Gasteiger charge is -2.03. The molecule has 3 heteroatoms. The van der Waals surface area contributed by atoms with E-state index in [-0.39, 0.29) is 5.78 Å². The lowest BCUT2D eigenvalue weighted by Crippen LogP contribution is -1.95. The number of benzene rings is 3. The van der Waals surface area contributed by atoms with Crippen molar-refractivity contribution in [3.8, 4) is 0 Å². The van der Waals surface area contributed by atoms with Crippen molar-refractivity contribution in [3.63, 3.8) is 0 Å². The van der Waals surface area contributed by atoms with Crippen LogP contribution in [0, 0.1) is 0 Å². The number of para-hydroxylation sites is 2. The van der Waals surface area contributed by atoms with Gasteiger partial charge < -0.3 is 9.97 Å². The highest BCUT2D eigenvalue weighted by Gasteiger charge is 2.18. The molecule has 5 aromatic rings. The Bertz CT molecular complexity index is 1230. The molecule has 3 aromatic carbocycles. The maximum atomic E-state index is 12.5. The number of hydrogen-bond acceptors (Lipinski definition) is 1. The predicted octanol–water partition coefficient (Wildman–Crippen LogP) is 5.16. The van der Waals surface area contributed by atoms with Gasteiger partial charge in [0, 0.05) is 38.1 Å². The highest BCUT2D eigenvalue weighted by atomic mass is 16.1. The van der Waals surface area contributed by atoms with E-state index >= 15 is 0 Å². The third-order valence-electron chi connectivity index (χ3n) is 4.62. The summed E-state index contributed by atoms with van der Waals surface area (Å²) in [5, 5.41) is 4.33.